The van der Waals surface area contributed by atoms with Crippen LogP contribution in [0.15, 0.2) is 0 Å². The molecule has 0 aromatic heterocycles. The quantitative estimate of drug-likeness (QED) is 0.510. The van der Waals surface area contributed by atoms with Crippen molar-refractivity contribution in [3.05, 3.63) is 0 Å². The van der Waals surface area contributed by atoms with Crippen molar-refractivity contribution in [2.45, 2.75) is 31.6 Å². The van der Waals surface area contributed by atoms with Crippen molar-refractivity contribution < 1.29 is 27.2 Å². The van der Waals surface area contributed by atoms with Crippen molar-refractivity contribution in [1.29, 1.82) is 0 Å². The highest BCUT2D eigenvalue weighted by Crippen LogP contribution is 2.22. The Morgan fingerprint density at radius 2 is 1.81 bits per heavy atom. The van der Waals surface area contributed by atoms with Crippen LogP contribution < -0.4 is 11.1 Å². The van der Waals surface area contributed by atoms with Gasteiger partial charge in [0.15, 0.2) is 0 Å². The molecule has 0 spiro atoms. The Balaban J connectivity index is 3.78. The molecule has 0 rings (SSSR count). The number of halogens is 4. The molecule has 94 valence electrons. The summed E-state index contributed by atoms with van der Waals surface area (Å²) in [5.41, 5.74) is 4.80. The highest BCUT2D eigenvalue weighted by Gasteiger charge is 2.48. The predicted octanol–water partition coefficient (Wildman–Crippen LogP) is 0.659. The van der Waals surface area contributed by atoms with Crippen LogP contribution >= 0.6 is 0 Å². The van der Waals surface area contributed by atoms with Gasteiger partial charge in [-0.05, 0) is 12.8 Å². The van der Waals surface area contributed by atoms with Crippen molar-refractivity contribution in [2.24, 2.45) is 5.73 Å². The number of carbonyl (C=O) groups is 2. The molecular formula is C8H12F4N2O2. The van der Waals surface area contributed by atoms with Crippen molar-refractivity contribution >= 4 is 11.8 Å². The molecule has 4 nitrogen and oxygen atoms in total. The molecule has 16 heavy (non-hydrogen) atoms. The van der Waals surface area contributed by atoms with Gasteiger partial charge in [0.2, 0.25) is 5.91 Å². The molecule has 8 heteroatoms. The van der Waals surface area contributed by atoms with Crippen molar-refractivity contribution in [3.63, 3.8) is 0 Å². The van der Waals surface area contributed by atoms with Crippen LogP contribution in [0, 0.1) is 0 Å². The molecule has 0 saturated carbocycles. The van der Waals surface area contributed by atoms with Gasteiger partial charge in [-0.15, -0.1) is 0 Å². The van der Waals surface area contributed by atoms with E-state index in [0.29, 0.717) is 6.42 Å². The van der Waals surface area contributed by atoms with Crippen molar-refractivity contribution in [2.75, 3.05) is 6.54 Å². The minimum atomic E-state index is -4.68. The molecule has 0 unspecified atom stereocenters. The Morgan fingerprint density at radius 1 is 1.25 bits per heavy atom. The monoisotopic (exact) mass is 244 g/mol. The van der Waals surface area contributed by atoms with Gasteiger partial charge in [0.1, 0.15) is 0 Å². The molecule has 0 fully saturated rings. The zero-order chi connectivity index (χ0) is 12.8. The standard InChI is InChI=1S/C8H12F4N2O2/c9-6(10)8(11,12)7(16)14-4-2-1-3-5(13)15/h6H,1-4H2,(H2,13,15)(H,14,16). The van der Waals surface area contributed by atoms with E-state index < -0.39 is 24.2 Å². The fraction of sp³-hybridized carbons (Fsp3) is 0.750. The number of alkyl halides is 4. The van der Waals surface area contributed by atoms with Gasteiger partial charge in [0, 0.05) is 13.0 Å². The van der Waals surface area contributed by atoms with Gasteiger partial charge in [0.05, 0.1) is 0 Å². The Morgan fingerprint density at radius 3 is 2.25 bits per heavy atom. The van der Waals surface area contributed by atoms with Gasteiger partial charge in [-0.25, -0.2) is 8.78 Å². The number of hydrogen-bond donors (Lipinski definition) is 2. The van der Waals surface area contributed by atoms with Crippen LogP contribution in [-0.2, 0) is 9.59 Å². The first-order valence-corrected chi connectivity index (χ1v) is 4.51. The summed E-state index contributed by atoms with van der Waals surface area (Å²) in [5, 5.41) is 1.66. The predicted molar refractivity (Wildman–Crippen MR) is 47.0 cm³/mol. The largest absolute Gasteiger partial charge is 0.383 e. The van der Waals surface area contributed by atoms with E-state index in [9.17, 15) is 27.2 Å². The van der Waals surface area contributed by atoms with Gasteiger partial charge in [-0.3, -0.25) is 9.59 Å². The molecule has 0 bridgehead atoms. The first-order valence-electron chi connectivity index (χ1n) is 4.51. The highest BCUT2D eigenvalue weighted by atomic mass is 19.3. The number of rotatable bonds is 7. The van der Waals surface area contributed by atoms with Crippen molar-refractivity contribution in [1.82, 2.24) is 5.32 Å². The number of nitrogens with one attached hydrogen (secondary N) is 1. The van der Waals surface area contributed by atoms with Crippen LogP contribution in [0.4, 0.5) is 17.6 Å². The Bertz CT molecular complexity index is 258. The van der Waals surface area contributed by atoms with Crippen molar-refractivity contribution in [3.8, 4) is 0 Å². The van der Waals surface area contributed by atoms with Gasteiger partial charge in [0.25, 0.3) is 5.91 Å². The van der Waals surface area contributed by atoms with E-state index in [1.165, 1.54) is 0 Å². The van der Waals surface area contributed by atoms with E-state index in [4.69, 9.17) is 5.73 Å². The maximum atomic E-state index is 12.3. The van der Waals surface area contributed by atoms with Crippen LogP contribution in [0.2, 0.25) is 0 Å². The minimum absolute atomic E-state index is 0.0567. The zero-order valence-electron chi connectivity index (χ0n) is 8.31. The number of primary amides is 1. The molecule has 0 saturated heterocycles. The summed E-state index contributed by atoms with van der Waals surface area (Å²) in [6.07, 6.45) is -3.46. The highest BCUT2D eigenvalue weighted by molar-refractivity contribution is 5.83. The fourth-order valence-electron chi connectivity index (χ4n) is 0.843. The molecule has 0 aliphatic heterocycles. The molecule has 0 atom stereocenters. The lowest BCUT2D eigenvalue weighted by atomic mass is 10.2. The lowest BCUT2D eigenvalue weighted by molar-refractivity contribution is -0.169. The average molecular weight is 244 g/mol. The second-order valence-corrected chi connectivity index (χ2v) is 3.10. The topological polar surface area (TPSA) is 72.2 Å². The van der Waals surface area contributed by atoms with Crippen LogP contribution in [-0.4, -0.2) is 30.7 Å². The molecule has 0 aliphatic rings. The SMILES string of the molecule is NC(=O)CCCCNC(=O)C(F)(F)C(F)F. The number of carbonyl (C=O) groups excluding carboxylic acids is 2. The van der Waals surface area contributed by atoms with Crippen LogP contribution in [0.5, 0.6) is 0 Å². The van der Waals surface area contributed by atoms with E-state index in [1.807, 2.05) is 0 Å². The molecule has 0 aromatic rings. The van der Waals surface area contributed by atoms with E-state index in [1.54, 1.807) is 5.32 Å². The third kappa shape index (κ3) is 4.94. The second kappa shape index (κ2) is 6.29. The van der Waals surface area contributed by atoms with E-state index in [2.05, 4.69) is 0 Å². The molecule has 2 amide bonds. The fourth-order valence-corrected chi connectivity index (χ4v) is 0.843. The number of amides is 2. The second-order valence-electron chi connectivity index (χ2n) is 3.10. The maximum Gasteiger partial charge on any atom is 0.383 e. The summed E-state index contributed by atoms with van der Waals surface area (Å²) < 4.78 is 48.0. The average Bonchev–Trinajstić information content (AvgIpc) is 2.16. The molecule has 0 heterocycles. The number of hydrogen-bond acceptors (Lipinski definition) is 2. The number of nitrogens with two attached hydrogens (primary N) is 1. The van der Waals surface area contributed by atoms with Gasteiger partial charge >= 0.3 is 12.3 Å². The normalized spacial score (nSPS) is 11.6. The van der Waals surface area contributed by atoms with Crippen LogP contribution in [0.3, 0.4) is 0 Å². The minimum Gasteiger partial charge on any atom is -0.370 e. The first-order chi connectivity index (χ1) is 7.28. The van der Waals surface area contributed by atoms with Gasteiger partial charge in [-0.2, -0.15) is 8.78 Å². The zero-order valence-corrected chi connectivity index (χ0v) is 8.31. The Hall–Kier alpha value is -1.34. The van der Waals surface area contributed by atoms with Crippen LogP contribution in [0.25, 0.3) is 0 Å². The summed E-state index contributed by atoms with van der Waals surface area (Å²) >= 11 is 0. The smallest absolute Gasteiger partial charge is 0.370 e. The molecule has 3 N–H and O–H groups in total. The molecule has 0 aliphatic carbocycles. The van der Waals surface area contributed by atoms with Gasteiger partial charge in [-0.1, -0.05) is 0 Å². The summed E-state index contributed by atoms with van der Waals surface area (Å²) in [6.45, 7) is -0.200. The summed E-state index contributed by atoms with van der Waals surface area (Å²) in [5.74, 6) is -7.24. The maximum absolute atomic E-state index is 12.3. The van der Waals surface area contributed by atoms with E-state index in [0.717, 1.165) is 0 Å². The third-order valence-corrected chi connectivity index (χ3v) is 1.71. The summed E-state index contributed by atoms with van der Waals surface area (Å²) in [7, 11) is 0. The third-order valence-electron chi connectivity index (χ3n) is 1.71. The molecule has 0 radical (unpaired) electrons. The summed E-state index contributed by atoms with van der Waals surface area (Å²) in [6, 6.07) is 0. The summed E-state index contributed by atoms with van der Waals surface area (Å²) in [4.78, 5) is 20.8. The number of unbranched alkanes of at least 4 members (excludes halogenated alkanes) is 1. The Labute approximate surface area is 89.2 Å². The molecule has 0 aromatic carbocycles. The Kier molecular flexibility index (Phi) is 5.76. The first kappa shape index (κ1) is 14.7. The molecular weight excluding hydrogens is 232 g/mol. The lowest BCUT2D eigenvalue weighted by Gasteiger charge is -2.14. The van der Waals surface area contributed by atoms with E-state index in [-0.39, 0.29) is 19.4 Å². The lowest BCUT2D eigenvalue weighted by Crippen LogP contribution is -2.45. The van der Waals surface area contributed by atoms with E-state index >= 15 is 0 Å². The van der Waals surface area contributed by atoms with Crippen LogP contribution in [0.1, 0.15) is 19.3 Å². The van der Waals surface area contributed by atoms with Gasteiger partial charge < -0.3 is 11.1 Å².